The van der Waals surface area contributed by atoms with E-state index in [4.69, 9.17) is 14.1 Å². The zero-order chi connectivity index (χ0) is 33.0. The largest absolute Gasteiger partial charge is 0.481 e. The topological polar surface area (TPSA) is 116 Å². The number of hydrogen-bond donors (Lipinski definition) is 2. The molecule has 248 valence electrons. The fourth-order valence-electron chi connectivity index (χ4n) is 8.38. The molecule has 2 amide bonds. The Morgan fingerprint density at radius 2 is 1.91 bits per heavy atom. The third-order valence-corrected chi connectivity index (χ3v) is 11.0. The maximum atomic E-state index is 14.4. The van der Waals surface area contributed by atoms with Gasteiger partial charge in [-0.05, 0) is 81.8 Å². The van der Waals surface area contributed by atoms with Crippen LogP contribution in [-0.4, -0.2) is 64.2 Å². The molecule has 2 N–H and O–H groups in total. The second-order valence-electron chi connectivity index (χ2n) is 15.6. The molecular weight excluding hydrogens is 581 g/mol. The number of rotatable bonds is 11. The zero-order valence-corrected chi connectivity index (χ0v) is 28.6. The van der Waals surface area contributed by atoms with Crippen molar-refractivity contribution < 1.29 is 23.7 Å². The summed E-state index contributed by atoms with van der Waals surface area (Å²) in [6, 6.07) is 9.84. The molecule has 0 radical (unpaired) electrons. The Bertz CT molecular complexity index is 1510. The molecule has 2 aliphatic heterocycles. The van der Waals surface area contributed by atoms with E-state index < -0.39 is 12.7 Å². The Hall–Kier alpha value is -3.18. The minimum Gasteiger partial charge on any atom is -0.404 e. The molecule has 11 heteroatoms. The van der Waals surface area contributed by atoms with Gasteiger partial charge in [-0.25, -0.2) is 0 Å². The molecule has 3 heterocycles. The van der Waals surface area contributed by atoms with Crippen LogP contribution in [0.2, 0.25) is 0 Å². The summed E-state index contributed by atoms with van der Waals surface area (Å²) in [7, 11) is -0.542. The van der Waals surface area contributed by atoms with Gasteiger partial charge in [0, 0.05) is 25.1 Å². The number of oxime groups is 1. The van der Waals surface area contributed by atoms with Crippen LogP contribution in [-0.2, 0) is 25.4 Å². The van der Waals surface area contributed by atoms with Gasteiger partial charge in [0.05, 0.1) is 29.9 Å². The summed E-state index contributed by atoms with van der Waals surface area (Å²) >= 11 is 0. The number of amides is 2. The van der Waals surface area contributed by atoms with E-state index in [0.717, 1.165) is 17.5 Å². The lowest BCUT2D eigenvalue weighted by Crippen LogP contribution is -2.65. The Morgan fingerprint density at radius 3 is 2.61 bits per heavy atom. The van der Waals surface area contributed by atoms with Crippen LogP contribution in [0.15, 0.2) is 41.7 Å². The highest BCUT2D eigenvalue weighted by Crippen LogP contribution is 2.65. The van der Waals surface area contributed by atoms with Gasteiger partial charge in [-0.15, -0.1) is 0 Å². The molecule has 0 spiro atoms. The summed E-state index contributed by atoms with van der Waals surface area (Å²) in [5.74, 6) is 0.519. The van der Waals surface area contributed by atoms with Crippen LogP contribution in [0.4, 0.5) is 0 Å². The molecule has 2 bridgehead atoms. The van der Waals surface area contributed by atoms with Crippen molar-refractivity contribution >= 4 is 24.6 Å². The van der Waals surface area contributed by atoms with Gasteiger partial charge >= 0.3 is 7.12 Å². The maximum Gasteiger partial charge on any atom is 0.481 e. The summed E-state index contributed by atoms with van der Waals surface area (Å²) in [5, 5.41) is 14.9. The summed E-state index contributed by atoms with van der Waals surface area (Å²) in [4.78, 5) is 33.6. The molecule has 5 aliphatic rings. The molecule has 10 nitrogen and oxygen atoms in total. The first kappa shape index (κ1) is 32.8. The first-order valence-corrected chi connectivity index (χ1v) is 17.0. The lowest BCUT2D eigenvalue weighted by molar-refractivity contribution is -0.199. The van der Waals surface area contributed by atoms with E-state index in [-0.39, 0.29) is 53.9 Å². The molecule has 7 rings (SSSR count). The molecule has 3 saturated carbocycles. The van der Waals surface area contributed by atoms with Crippen LogP contribution in [0.1, 0.15) is 102 Å². The van der Waals surface area contributed by atoms with E-state index >= 15 is 0 Å². The van der Waals surface area contributed by atoms with Crippen molar-refractivity contribution in [2.75, 3.05) is 6.54 Å². The second kappa shape index (κ2) is 12.1. The number of hydrogen-bond acceptors (Lipinski definition) is 7. The fourth-order valence-corrected chi connectivity index (χ4v) is 8.38. The second-order valence-corrected chi connectivity index (χ2v) is 15.6. The minimum atomic E-state index is -1.28. The van der Waals surface area contributed by atoms with Gasteiger partial charge in [0.2, 0.25) is 5.60 Å². The highest BCUT2D eigenvalue weighted by molar-refractivity contribution is 6.48. The lowest BCUT2D eigenvalue weighted by atomic mass is 9.43. The Balaban J connectivity index is 1.19. The number of nitrogens with one attached hydrogen (secondary N) is 2. The highest BCUT2D eigenvalue weighted by Gasteiger charge is 2.68. The Labute approximate surface area is 273 Å². The Morgan fingerprint density at radius 1 is 1.13 bits per heavy atom. The summed E-state index contributed by atoms with van der Waals surface area (Å²) < 4.78 is 15.1. The standard InChI is InChI=1S/C35H50BN5O5/c1-21(2)14-30(36-44-29-17-25-16-28(33(25,6)7)34(29,8)45-36)39-32(43)35(18-24-11-9-10-23(5)15-24)19-26(40-46-35)20-37-31(42)27-12-13-38-41(27)22(3)4/h9-13,15,21-22,25,28-30H,14,16-20H2,1-8H3,(H,37,42)(H,39,43)/t25-,28-,29+,30-,34-,35?/m0/s1. The monoisotopic (exact) mass is 631 g/mol. The molecule has 2 aromatic rings. The predicted molar refractivity (Wildman–Crippen MR) is 177 cm³/mol. The van der Waals surface area contributed by atoms with Crippen LogP contribution >= 0.6 is 0 Å². The van der Waals surface area contributed by atoms with Gasteiger partial charge in [-0.2, -0.15) is 5.10 Å². The maximum absolute atomic E-state index is 14.4. The number of aromatic nitrogens is 2. The minimum absolute atomic E-state index is 0.0235. The molecule has 46 heavy (non-hydrogen) atoms. The van der Waals surface area contributed by atoms with Crippen LogP contribution in [0.5, 0.6) is 0 Å². The molecule has 6 atom stereocenters. The number of benzene rings is 1. The van der Waals surface area contributed by atoms with Gasteiger partial charge in [-0.3, -0.25) is 14.3 Å². The molecule has 4 fully saturated rings. The number of carbonyl (C=O) groups is 2. The van der Waals surface area contributed by atoms with Crippen molar-refractivity contribution in [1.29, 1.82) is 0 Å². The van der Waals surface area contributed by atoms with Crippen LogP contribution in [0, 0.1) is 30.1 Å². The van der Waals surface area contributed by atoms with Crippen molar-refractivity contribution in [3.63, 3.8) is 0 Å². The summed E-state index contributed by atoms with van der Waals surface area (Å²) in [6.45, 7) is 17.3. The van der Waals surface area contributed by atoms with Crippen molar-refractivity contribution in [3.05, 3.63) is 53.3 Å². The van der Waals surface area contributed by atoms with E-state index in [1.807, 2.05) is 39.0 Å². The van der Waals surface area contributed by atoms with Crippen molar-refractivity contribution in [2.45, 2.75) is 117 Å². The molecule has 1 saturated heterocycles. The van der Waals surface area contributed by atoms with E-state index in [1.165, 1.54) is 6.42 Å². The highest BCUT2D eigenvalue weighted by atomic mass is 16.7. The van der Waals surface area contributed by atoms with Gasteiger partial charge < -0.3 is 24.8 Å². The molecule has 1 unspecified atom stereocenters. The van der Waals surface area contributed by atoms with Crippen molar-refractivity contribution in [2.24, 2.45) is 28.3 Å². The fraction of sp³-hybridized carbons (Fsp3) is 0.657. The Kier molecular flexibility index (Phi) is 8.63. The lowest BCUT2D eigenvalue weighted by Gasteiger charge is -2.64. The predicted octanol–water partition coefficient (Wildman–Crippen LogP) is 5.06. The summed E-state index contributed by atoms with van der Waals surface area (Å²) in [5.41, 5.74) is 1.73. The molecular formula is C35H50BN5O5. The SMILES string of the molecule is Cc1cccc(CC2(C(=O)N[C@@H](CC(C)C)B3O[C@@H]4C[C@@H]5C[C@@H](C5(C)C)[C@]4(C)O3)CC(CNC(=O)c3ccnn3C(C)C)=NO2)c1. The van der Waals surface area contributed by atoms with Crippen molar-refractivity contribution in [1.82, 2.24) is 20.4 Å². The third kappa shape index (κ3) is 5.89. The molecule has 1 aromatic carbocycles. The zero-order valence-electron chi connectivity index (χ0n) is 28.6. The van der Waals surface area contributed by atoms with Gasteiger partial charge in [-0.1, -0.05) is 62.7 Å². The number of nitrogens with zero attached hydrogens (tertiary/aromatic N) is 3. The smallest absolute Gasteiger partial charge is 0.404 e. The van der Waals surface area contributed by atoms with E-state index in [1.54, 1.807) is 16.9 Å². The molecule has 3 aliphatic carbocycles. The number of carbonyl (C=O) groups excluding carboxylic acids is 2. The van der Waals surface area contributed by atoms with Gasteiger partial charge in [0.15, 0.2) is 0 Å². The first-order chi connectivity index (χ1) is 21.7. The number of aryl methyl sites for hydroxylation is 1. The van der Waals surface area contributed by atoms with Gasteiger partial charge in [0.1, 0.15) is 5.69 Å². The first-order valence-electron chi connectivity index (χ1n) is 17.0. The average molecular weight is 632 g/mol. The van der Waals surface area contributed by atoms with Gasteiger partial charge in [0.25, 0.3) is 11.8 Å². The normalized spacial score (nSPS) is 30.0. The molecule has 1 aromatic heterocycles. The average Bonchev–Trinajstić information content (AvgIpc) is 3.72. The van der Waals surface area contributed by atoms with Crippen LogP contribution in [0.3, 0.4) is 0 Å². The van der Waals surface area contributed by atoms with E-state index in [0.29, 0.717) is 42.0 Å². The van der Waals surface area contributed by atoms with E-state index in [2.05, 4.69) is 61.6 Å². The van der Waals surface area contributed by atoms with E-state index in [9.17, 15) is 9.59 Å². The van der Waals surface area contributed by atoms with Crippen molar-refractivity contribution in [3.8, 4) is 0 Å². The quantitative estimate of drug-likeness (QED) is 0.335. The summed E-state index contributed by atoms with van der Waals surface area (Å²) in [6.07, 6.45) is 5.07. The van der Waals surface area contributed by atoms with Crippen LogP contribution in [0.25, 0.3) is 0 Å². The van der Waals surface area contributed by atoms with Crippen LogP contribution < -0.4 is 10.6 Å². The third-order valence-electron chi connectivity index (χ3n) is 11.0.